The van der Waals surface area contributed by atoms with Gasteiger partial charge in [-0.15, -0.1) is 0 Å². The average Bonchev–Trinajstić information content (AvgIpc) is 2.41. The number of aliphatic carboxylic acids is 1. The van der Waals surface area contributed by atoms with Gasteiger partial charge in [0, 0.05) is 25.7 Å². The van der Waals surface area contributed by atoms with Gasteiger partial charge in [0.2, 0.25) is 0 Å². The molecule has 0 fully saturated rings. The number of amides is 2. The number of carbonyl (C=O) groups is 2. The lowest BCUT2D eigenvalue weighted by Gasteiger charge is -2.23. The van der Waals surface area contributed by atoms with Gasteiger partial charge in [0.1, 0.15) is 0 Å². The summed E-state index contributed by atoms with van der Waals surface area (Å²) in [6.45, 7) is 9.71. The zero-order valence-electron chi connectivity index (χ0n) is 14.0. The number of hydrogen-bond acceptors (Lipinski definition) is 3. The molecule has 0 spiro atoms. The first kappa shape index (κ1) is 19.7. The maximum Gasteiger partial charge on any atom is 0.314 e. The zero-order chi connectivity index (χ0) is 16.4. The minimum absolute atomic E-state index is 0.167. The average molecular weight is 301 g/mol. The highest BCUT2D eigenvalue weighted by molar-refractivity contribution is 5.75. The first-order valence-electron chi connectivity index (χ1n) is 7.72. The molecule has 0 bridgehead atoms. The van der Waals surface area contributed by atoms with Crippen molar-refractivity contribution in [3.63, 3.8) is 0 Å². The molecule has 2 atom stereocenters. The molecule has 0 aromatic heterocycles. The molecular weight excluding hydrogens is 270 g/mol. The SMILES string of the molecule is CCC(C)N(C)CCNC(=O)NCC(CC(C)C)C(=O)O. The van der Waals surface area contributed by atoms with Crippen LogP contribution in [-0.4, -0.2) is 54.7 Å². The van der Waals surface area contributed by atoms with Crippen molar-refractivity contribution >= 4 is 12.0 Å². The van der Waals surface area contributed by atoms with Crippen LogP contribution in [0.1, 0.15) is 40.5 Å². The monoisotopic (exact) mass is 301 g/mol. The predicted molar refractivity (Wildman–Crippen MR) is 84.4 cm³/mol. The quantitative estimate of drug-likeness (QED) is 0.574. The van der Waals surface area contributed by atoms with Crippen LogP contribution in [-0.2, 0) is 4.79 Å². The second kappa shape index (κ2) is 10.4. The standard InChI is InChI=1S/C15H31N3O3/c1-6-12(4)18(5)8-7-16-15(21)17-10-13(14(19)20)9-11(2)3/h11-13H,6-10H2,1-5H3,(H,19,20)(H2,16,17,21). The molecular formula is C15H31N3O3. The lowest BCUT2D eigenvalue weighted by molar-refractivity contribution is -0.142. The summed E-state index contributed by atoms with van der Waals surface area (Å²) in [5, 5.41) is 14.5. The van der Waals surface area contributed by atoms with Crippen LogP contribution in [0.5, 0.6) is 0 Å². The van der Waals surface area contributed by atoms with Crippen LogP contribution in [0.4, 0.5) is 4.79 Å². The highest BCUT2D eigenvalue weighted by Gasteiger charge is 2.19. The third-order valence-electron chi connectivity index (χ3n) is 3.71. The Morgan fingerprint density at radius 1 is 1.19 bits per heavy atom. The number of hydrogen-bond donors (Lipinski definition) is 3. The Hall–Kier alpha value is -1.30. The Balaban J connectivity index is 3.95. The van der Waals surface area contributed by atoms with E-state index in [4.69, 9.17) is 5.11 Å². The maximum atomic E-state index is 11.6. The summed E-state index contributed by atoms with van der Waals surface area (Å²) in [6.07, 6.45) is 1.63. The second-order valence-corrected chi connectivity index (χ2v) is 6.04. The summed E-state index contributed by atoms with van der Waals surface area (Å²) in [5.41, 5.74) is 0. The Kier molecular flexibility index (Phi) is 9.78. The van der Waals surface area contributed by atoms with Gasteiger partial charge in [-0.3, -0.25) is 4.79 Å². The normalized spacial score (nSPS) is 14.0. The van der Waals surface area contributed by atoms with E-state index in [1.807, 2.05) is 20.9 Å². The summed E-state index contributed by atoms with van der Waals surface area (Å²) in [7, 11) is 2.02. The summed E-state index contributed by atoms with van der Waals surface area (Å²) in [6, 6.07) is 0.180. The van der Waals surface area contributed by atoms with Crippen molar-refractivity contribution in [3.05, 3.63) is 0 Å². The Labute approximate surface area is 128 Å². The summed E-state index contributed by atoms with van der Waals surface area (Å²) >= 11 is 0. The molecule has 0 aliphatic rings. The maximum absolute atomic E-state index is 11.6. The van der Waals surface area contributed by atoms with Crippen LogP contribution in [0, 0.1) is 11.8 Å². The van der Waals surface area contributed by atoms with E-state index in [-0.39, 0.29) is 12.6 Å². The third-order valence-corrected chi connectivity index (χ3v) is 3.71. The van der Waals surface area contributed by atoms with Crippen molar-refractivity contribution in [1.29, 1.82) is 0 Å². The van der Waals surface area contributed by atoms with Crippen molar-refractivity contribution in [1.82, 2.24) is 15.5 Å². The van der Waals surface area contributed by atoms with E-state index in [2.05, 4.69) is 29.4 Å². The molecule has 3 N–H and O–H groups in total. The summed E-state index contributed by atoms with van der Waals surface area (Å²) < 4.78 is 0. The van der Waals surface area contributed by atoms with E-state index >= 15 is 0 Å². The molecule has 21 heavy (non-hydrogen) atoms. The summed E-state index contributed by atoms with van der Waals surface area (Å²) in [5.74, 6) is -1.10. The molecule has 0 aliphatic carbocycles. The highest BCUT2D eigenvalue weighted by Crippen LogP contribution is 2.10. The number of carboxylic acid groups (broad SMARTS) is 1. The minimum atomic E-state index is -0.861. The largest absolute Gasteiger partial charge is 0.481 e. The molecule has 0 saturated heterocycles. The van der Waals surface area contributed by atoms with Gasteiger partial charge in [-0.2, -0.15) is 0 Å². The van der Waals surface area contributed by atoms with Crippen LogP contribution < -0.4 is 10.6 Å². The van der Waals surface area contributed by atoms with Gasteiger partial charge >= 0.3 is 12.0 Å². The Morgan fingerprint density at radius 3 is 2.29 bits per heavy atom. The van der Waals surface area contributed by atoms with Gasteiger partial charge in [0.15, 0.2) is 0 Å². The van der Waals surface area contributed by atoms with Gasteiger partial charge < -0.3 is 20.6 Å². The third kappa shape index (κ3) is 9.28. The topological polar surface area (TPSA) is 81.7 Å². The van der Waals surface area contributed by atoms with Crippen LogP contribution in [0.2, 0.25) is 0 Å². The molecule has 2 unspecified atom stereocenters. The van der Waals surface area contributed by atoms with Crippen molar-refractivity contribution in [2.24, 2.45) is 11.8 Å². The molecule has 0 aromatic carbocycles. The van der Waals surface area contributed by atoms with Crippen LogP contribution in [0.25, 0.3) is 0 Å². The fourth-order valence-corrected chi connectivity index (χ4v) is 2.00. The molecule has 0 saturated carbocycles. The molecule has 2 amide bonds. The van der Waals surface area contributed by atoms with Crippen molar-refractivity contribution in [2.45, 2.75) is 46.6 Å². The van der Waals surface area contributed by atoms with E-state index in [0.717, 1.165) is 13.0 Å². The zero-order valence-corrected chi connectivity index (χ0v) is 14.0. The number of likely N-dealkylation sites (N-methyl/N-ethyl adjacent to an activating group) is 1. The van der Waals surface area contributed by atoms with Gasteiger partial charge in [-0.25, -0.2) is 4.79 Å². The molecule has 6 nitrogen and oxygen atoms in total. The van der Waals surface area contributed by atoms with E-state index < -0.39 is 11.9 Å². The van der Waals surface area contributed by atoms with E-state index in [9.17, 15) is 9.59 Å². The Morgan fingerprint density at radius 2 is 1.81 bits per heavy atom. The van der Waals surface area contributed by atoms with Crippen molar-refractivity contribution in [2.75, 3.05) is 26.7 Å². The molecule has 0 radical (unpaired) electrons. The predicted octanol–water partition coefficient (Wildman–Crippen LogP) is 1.76. The van der Waals surface area contributed by atoms with Crippen molar-refractivity contribution in [3.8, 4) is 0 Å². The number of rotatable bonds is 10. The lowest BCUT2D eigenvalue weighted by atomic mass is 9.97. The number of carboxylic acids is 1. The van der Waals surface area contributed by atoms with Crippen LogP contribution in [0.3, 0.4) is 0 Å². The van der Waals surface area contributed by atoms with Crippen molar-refractivity contribution < 1.29 is 14.7 Å². The lowest BCUT2D eigenvalue weighted by Crippen LogP contribution is -2.43. The van der Waals surface area contributed by atoms with Crippen LogP contribution >= 0.6 is 0 Å². The van der Waals surface area contributed by atoms with E-state index in [1.165, 1.54) is 0 Å². The van der Waals surface area contributed by atoms with E-state index in [0.29, 0.717) is 24.9 Å². The summed E-state index contributed by atoms with van der Waals surface area (Å²) in [4.78, 5) is 24.9. The molecule has 0 aromatic rings. The first-order valence-corrected chi connectivity index (χ1v) is 7.72. The molecule has 6 heteroatoms. The number of carbonyl (C=O) groups excluding carboxylic acids is 1. The van der Waals surface area contributed by atoms with Gasteiger partial charge in [-0.1, -0.05) is 20.8 Å². The number of nitrogens with one attached hydrogen (secondary N) is 2. The minimum Gasteiger partial charge on any atom is -0.481 e. The molecule has 0 aliphatic heterocycles. The van der Waals surface area contributed by atoms with Gasteiger partial charge in [-0.05, 0) is 32.7 Å². The fourth-order valence-electron chi connectivity index (χ4n) is 2.00. The van der Waals surface area contributed by atoms with Gasteiger partial charge in [0.25, 0.3) is 0 Å². The van der Waals surface area contributed by atoms with Crippen LogP contribution in [0.15, 0.2) is 0 Å². The molecule has 124 valence electrons. The fraction of sp³-hybridized carbons (Fsp3) is 0.867. The number of nitrogens with zero attached hydrogens (tertiary/aromatic N) is 1. The highest BCUT2D eigenvalue weighted by atomic mass is 16.4. The second-order valence-electron chi connectivity index (χ2n) is 6.04. The smallest absolute Gasteiger partial charge is 0.314 e. The molecule has 0 heterocycles. The molecule has 0 rings (SSSR count). The number of urea groups is 1. The van der Waals surface area contributed by atoms with Gasteiger partial charge in [0.05, 0.1) is 5.92 Å². The van der Waals surface area contributed by atoms with E-state index in [1.54, 1.807) is 0 Å². The first-order chi connectivity index (χ1) is 9.77. The Bertz CT molecular complexity index is 321.